The lowest BCUT2D eigenvalue weighted by molar-refractivity contribution is -0.145. The van der Waals surface area contributed by atoms with E-state index in [4.69, 9.17) is 9.47 Å². The van der Waals surface area contributed by atoms with Crippen molar-refractivity contribution in [2.75, 3.05) is 6.61 Å². The quantitative estimate of drug-likeness (QED) is 0.385. The number of nitrogens with zero attached hydrogens (tertiary/aromatic N) is 2. The summed E-state index contributed by atoms with van der Waals surface area (Å²) in [5.41, 5.74) is 1.45. The number of carboxylic acids is 1. The predicted molar refractivity (Wildman–Crippen MR) is 130 cm³/mol. The maximum Gasteiger partial charge on any atom is 0.345 e. The second kappa shape index (κ2) is 10.7. The van der Waals surface area contributed by atoms with Crippen LogP contribution in [0.15, 0.2) is 83.7 Å². The molecule has 174 valence electrons. The Morgan fingerprint density at radius 2 is 1.68 bits per heavy atom. The van der Waals surface area contributed by atoms with E-state index >= 15 is 0 Å². The number of benzene rings is 3. The van der Waals surface area contributed by atoms with Crippen molar-refractivity contribution in [3.05, 3.63) is 101 Å². The van der Waals surface area contributed by atoms with Gasteiger partial charge in [-0.2, -0.15) is 0 Å². The summed E-state index contributed by atoms with van der Waals surface area (Å²) in [4.78, 5) is 29.1. The molecule has 1 heterocycles. The number of fused-ring (bicyclic) bond motifs is 1. The minimum absolute atomic E-state index is 0.0699. The molecule has 34 heavy (non-hydrogen) atoms. The number of carbonyl (C=O) groups is 1. The molecule has 1 unspecified atom stereocenters. The van der Waals surface area contributed by atoms with E-state index in [2.05, 4.69) is 4.98 Å². The van der Waals surface area contributed by atoms with Gasteiger partial charge in [0, 0.05) is 12.8 Å². The molecular weight excluding hydrogens is 432 g/mol. The Kier molecular flexibility index (Phi) is 7.22. The lowest BCUT2D eigenvalue weighted by Gasteiger charge is -2.16. The van der Waals surface area contributed by atoms with Crippen LogP contribution in [0.5, 0.6) is 11.5 Å². The topological polar surface area (TPSA) is 90.7 Å². The van der Waals surface area contributed by atoms with Crippen LogP contribution < -0.4 is 15.0 Å². The summed E-state index contributed by atoms with van der Waals surface area (Å²) in [6.45, 7) is 2.66. The molecule has 4 rings (SSSR count). The van der Waals surface area contributed by atoms with Crippen LogP contribution in [-0.4, -0.2) is 33.3 Å². The minimum Gasteiger partial charge on any atom is -0.492 e. The monoisotopic (exact) mass is 458 g/mol. The third-order valence-electron chi connectivity index (χ3n) is 5.48. The maximum absolute atomic E-state index is 12.9. The van der Waals surface area contributed by atoms with Crippen molar-refractivity contribution in [1.29, 1.82) is 0 Å². The fraction of sp³-hybridized carbons (Fsp3) is 0.222. The third-order valence-corrected chi connectivity index (χ3v) is 5.48. The Morgan fingerprint density at radius 1 is 0.971 bits per heavy atom. The second-order valence-corrected chi connectivity index (χ2v) is 7.81. The first-order chi connectivity index (χ1) is 16.5. The second-order valence-electron chi connectivity index (χ2n) is 7.81. The largest absolute Gasteiger partial charge is 0.492 e. The van der Waals surface area contributed by atoms with Crippen LogP contribution >= 0.6 is 0 Å². The highest BCUT2D eigenvalue weighted by Crippen LogP contribution is 2.17. The van der Waals surface area contributed by atoms with E-state index in [-0.39, 0.29) is 12.0 Å². The van der Waals surface area contributed by atoms with Crippen molar-refractivity contribution in [3.63, 3.8) is 0 Å². The molecule has 1 aromatic heterocycles. The molecule has 0 spiro atoms. The van der Waals surface area contributed by atoms with Crippen molar-refractivity contribution in [2.24, 2.45) is 0 Å². The summed E-state index contributed by atoms with van der Waals surface area (Å²) in [5, 5.41) is 10.1. The van der Waals surface area contributed by atoms with Crippen molar-refractivity contribution < 1.29 is 19.4 Å². The Balaban J connectivity index is 1.38. The van der Waals surface area contributed by atoms with E-state index in [1.54, 1.807) is 47.0 Å². The first kappa shape index (κ1) is 23.0. The van der Waals surface area contributed by atoms with Gasteiger partial charge in [0.2, 0.25) is 0 Å². The zero-order valence-corrected chi connectivity index (χ0v) is 18.9. The number of rotatable bonds is 10. The first-order valence-electron chi connectivity index (χ1n) is 11.2. The summed E-state index contributed by atoms with van der Waals surface area (Å²) in [5.74, 6) is 0.852. The number of hydrogen-bond acceptors (Lipinski definition) is 5. The van der Waals surface area contributed by atoms with E-state index in [9.17, 15) is 14.7 Å². The molecule has 0 aliphatic carbocycles. The zero-order chi connectivity index (χ0) is 23.9. The SMILES string of the molecule is CCc1nc2ccccc2c(=O)n1CCOc1ccc(CC(Oc2ccccc2)C(=O)O)cc1. The molecule has 0 fully saturated rings. The van der Waals surface area contributed by atoms with Crippen molar-refractivity contribution in [3.8, 4) is 11.5 Å². The molecule has 4 aromatic rings. The first-order valence-corrected chi connectivity index (χ1v) is 11.2. The van der Waals surface area contributed by atoms with E-state index in [0.717, 1.165) is 11.4 Å². The van der Waals surface area contributed by atoms with E-state index in [1.807, 2.05) is 43.3 Å². The normalized spacial score (nSPS) is 11.8. The summed E-state index contributed by atoms with van der Waals surface area (Å²) in [6.07, 6.45) is -0.124. The Bertz CT molecular complexity index is 1320. The molecule has 7 heteroatoms. The highest BCUT2D eigenvalue weighted by molar-refractivity contribution is 5.77. The zero-order valence-electron chi connectivity index (χ0n) is 18.9. The molecule has 0 bridgehead atoms. The number of aromatic nitrogens is 2. The van der Waals surface area contributed by atoms with Crippen LogP contribution in [0.2, 0.25) is 0 Å². The third kappa shape index (κ3) is 5.43. The van der Waals surface area contributed by atoms with Gasteiger partial charge in [-0.15, -0.1) is 0 Å². The Labute approximate surface area is 197 Å². The van der Waals surface area contributed by atoms with Crippen molar-refractivity contribution >= 4 is 16.9 Å². The minimum atomic E-state index is -1.02. The number of ether oxygens (including phenoxy) is 2. The molecule has 0 aliphatic heterocycles. The van der Waals surface area contributed by atoms with Crippen molar-refractivity contribution in [1.82, 2.24) is 9.55 Å². The van der Waals surface area contributed by atoms with Gasteiger partial charge in [0.05, 0.1) is 17.4 Å². The maximum atomic E-state index is 12.9. The standard InChI is InChI=1S/C27H26N2O5/c1-2-25-28-23-11-7-6-10-22(23)26(30)29(25)16-17-33-20-14-12-19(13-15-20)18-24(27(31)32)34-21-8-4-3-5-9-21/h3-15,24H,2,16-18H2,1H3,(H,31,32). The molecule has 1 atom stereocenters. The van der Waals surface area contributed by atoms with Crippen LogP contribution in [0, 0.1) is 0 Å². The molecule has 0 saturated heterocycles. The number of hydrogen-bond donors (Lipinski definition) is 1. The number of aryl methyl sites for hydroxylation is 1. The van der Waals surface area contributed by atoms with Gasteiger partial charge in [0.1, 0.15) is 23.9 Å². The highest BCUT2D eigenvalue weighted by atomic mass is 16.5. The van der Waals surface area contributed by atoms with Crippen LogP contribution in [-0.2, 0) is 24.2 Å². The van der Waals surface area contributed by atoms with Crippen LogP contribution in [0.4, 0.5) is 0 Å². The molecule has 0 aliphatic rings. The van der Waals surface area contributed by atoms with Gasteiger partial charge in [0.25, 0.3) is 5.56 Å². The molecule has 3 aromatic carbocycles. The van der Waals surface area contributed by atoms with E-state index in [0.29, 0.717) is 42.0 Å². The summed E-state index contributed by atoms with van der Waals surface area (Å²) >= 11 is 0. The molecule has 0 saturated carbocycles. The molecule has 0 radical (unpaired) electrons. The Morgan fingerprint density at radius 3 is 2.38 bits per heavy atom. The van der Waals surface area contributed by atoms with Gasteiger partial charge in [-0.05, 0) is 42.0 Å². The average molecular weight is 459 g/mol. The van der Waals surface area contributed by atoms with Gasteiger partial charge in [0.15, 0.2) is 6.10 Å². The van der Waals surface area contributed by atoms with Gasteiger partial charge in [-0.25, -0.2) is 9.78 Å². The lowest BCUT2D eigenvalue weighted by atomic mass is 10.1. The van der Waals surface area contributed by atoms with Gasteiger partial charge in [-0.1, -0.05) is 49.4 Å². The molecular formula is C27H26N2O5. The molecule has 0 amide bonds. The fourth-order valence-corrected chi connectivity index (χ4v) is 3.75. The summed E-state index contributed by atoms with van der Waals surface area (Å²) < 4.78 is 13.1. The fourth-order valence-electron chi connectivity index (χ4n) is 3.75. The number of para-hydroxylation sites is 2. The van der Waals surface area contributed by atoms with Crippen LogP contribution in [0.25, 0.3) is 10.9 Å². The van der Waals surface area contributed by atoms with Crippen LogP contribution in [0.3, 0.4) is 0 Å². The lowest BCUT2D eigenvalue weighted by Crippen LogP contribution is -2.29. The molecule has 7 nitrogen and oxygen atoms in total. The number of carboxylic acid groups (broad SMARTS) is 1. The van der Waals surface area contributed by atoms with Gasteiger partial charge < -0.3 is 14.6 Å². The number of aliphatic carboxylic acids is 1. The Hall–Kier alpha value is -4.13. The highest BCUT2D eigenvalue weighted by Gasteiger charge is 2.20. The van der Waals surface area contributed by atoms with Gasteiger partial charge in [-0.3, -0.25) is 9.36 Å². The average Bonchev–Trinajstić information content (AvgIpc) is 2.86. The van der Waals surface area contributed by atoms with Crippen molar-refractivity contribution in [2.45, 2.75) is 32.4 Å². The van der Waals surface area contributed by atoms with E-state index < -0.39 is 12.1 Å². The smallest absolute Gasteiger partial charge is 0.345 e. The summed E-state index contributed by atoms with van der Waals surface area (Å²) in [7, 11) is 0. The van der Waals surface area contributed by atoms with Gasteiger partial charge >= 0.3 is 5.97 Å². The predicted octanol–water partition coefficient (Wildman–Crippen LogP) is 4.11. The van der Waals surface area contributed by atoms with Crippen LogP contribution in [0.1, 0.15) is 18.3 Å². The van der Waals surface area contributed by atoms with E-state index in [1.165, 1.54) is 0 Å². The molecule has 1 N–H and O–H groups in total. The summed E-state index contributed by atoms with van der Waals surface area (Å²) in [6, 6.07) is 23.5.